The second kappa shape index (κ2) is 6.55. The largest absolute Gasteiger partial charge is 0.496 e. The van der Waals surface area contributed by atoms with Gasteiger partial charge in [-0.15, -0.1) is 0 Å². The zero-order chi connectivity index (χ0) is 12.7. The molecule has 0 spiro atoms. The van der Waals surface area contributed by atoms with Gasteiger partial charge >= 0.3 is 5.97 Å². The first-order valence-corrected chi connectivity index (χ1v) is 4.97. The molecule has 0 fully saturated rings. The highest BCUT2D eigenvalue weighted by Crippen LogP contribution is 2.25. The van der Waals surface area contributed by atoms with Gasteiger partial charge in [0.15, 0.2) is 6.61 Å². The van der Waals surface area contributed by atoms with E-state index in [2.05, 4.69) is 0 Å². The number of hydrogen-bond donors (Lipinski definition) is 2. The Hall–Kier alpha value is -2.01. The van der Waals surface area contributed by atoms with Crippen molar-refractivity contribution in [3.8, 4) is 11.5 Å². The van der Waals surface area contributed by atoms with E-state index in [4.69, 9.17) is 19.7 Å². The van der Waals surface area contributed by atoms with Crippen molar-refractivity contribution in [3.05, 3.63) is 29.8 Å². The highest BCUT2D eigenvalue weighted by atomic mass is 16.5. The molecular formula is C12H14O5. The average Bonchev–Trinajstić information content (AvgIpc) is 2.33. The number of rotatable bonds is 6. The third kappa shape index (κ3) is 4.16. The van der Waals surface area contributed by atoms with Crippen molar-refractivity contribution >= 4 is 12.0 Å². The molecule has 0 heterocycles. The van der Waals surface area contributed by atoms with E-state index in [1.807, 2.05) is 0 Å². The standard InChI is InChI=1S/C12H14O5/c1-16-11-5-4-10(17-8-12(14)15)7-9(11)3-2-6-13/h2-5,7,13H,6,8H2,1H3,(H,14,15)/b3-2+. The Labute approximate surface area is 98.9 Å². The summed E-state index contributed by atoms with van der Waals surface area (Å²) in [6.07, 6.45) is 3.23. The fourth-order valence-corrected chi connectivity index (χ4v) is 1.26. The predicted octanol–water partition coefficient (Wildman–Crippen LogP) is 1.16. The molecule has 1 rings (SSSR count). The summed E-state index contributed by atoms with van der Waals surface area (Å²) in [5.74, 6) is 0.0245. The van der Waals surface area contributed by atoms with Crippen LogP contribution in [-0.4, -0.2) is 36.5 Å². The van der Waals surface area contributed by atoms with Crippen molar-refractivity contribution in [3.63, 3.8) is 0 Å². The summed E-state index contributed by atoms with van der Waals surface area (Å²) in [7, 11) is 1.53. The van der Waals surface area contributed by atoms with Gasteiger partial charge in [-0.05, 0) is 18.2 Å². The van der Waals surface area contributed by atoms with E-state index >= 15 is 0 Å². The molecule has 0 aliphatic heterocycles. The molecule has 1 aromatic rings. The van der Waals surface area contributed by atoms with E-state index in [1.54, 1.807) is 30.4 Å². The molecule has 0 unspecified atom stereocenters. The molecule has 5 nitrogen and oxygen atoms in total. The van der Waals surface area contributed by atoms with Crippen molar-refractivity contribution in [2.24, 2.45) is 0 Å². The van der Waals surface area contributed by atoms with Crippen LogP contribution in [-0.2, 0) is 4.79 Å². The van der Waals surface area contributed by atoms with Gasteiger partial charge in [0, 0.05) is 5.56 Å². The smallest absolute Gasteiger partial charge is 0.341 e. The number of aliphatic hydroxyl groups excluding tert-OH is 1. The zero-order valence-corrected chi connectivity index (χ0v) is 9.42. The maximum atomic E-state index is 10.4. The summed E-state index contributed by atoms with van der Waals surface area (Å²) >= 11 is 0. The van der Waals surface area contributed by atoms with E-state index in [1.165, 1.54) is 7.11 Å². The SMILES string of the molecule is COc1ccc(OCC(=O)O)cc1/C=C/CO. The minimum atomic E-state index is -1.03. The molecule has 0 saturated heterocycles. The molecule has 5 heteroatoms. The lowest BCUT2D eigenvalue weighted by Gasteiger charge is -2.08. The summed E-state index contributed by atoms with van der Waals surface area (Å²) in [6.45, 7) is -0.473. The number of carboxylic acid groups (broad SMARTS) is 1. The monoisotopic (exact) mass is 238 g/mol. The van der Waals surface area contributed by atoms with Crippen LogP contribution in [0.3, 0.4) is 0 Å². The van der Waals surface area contributed by atoms with Crippen LogP contribution in [0.5, 0.6) is 11.5 Å². The van der Waals surface area contributed by atoms with Gasteiger partial charge < -0.3 is 19.7 Å². The number of aliphatic hydroxyl groups is 1. The number of carboxylic acids is 1. The van der Waals surface area contributed by atoms with Crippen molar-refractivity contribution in [1.29, 1.82) is 0 Å². The Kier molecular flexibility index (Phi) is 5.03. The second-order valence-corrected chi connectivity index (χ2v) is 3.17. The van der Waals surface area contributed by atoms with E-state index in [9.17, 15) is 4.79 Å². The van der Waals surface area contributed by atoms with Gasteiger partial charge in [0.25, 0.3) is 0 Å². The van der Waals surface area contributed by atoms with E-state index in [0.29, 0.717) is 17.1 Å². The lowest BCUT2D eigenvalue weighted by molar-refractivity contribution is -0.139. The average molecular weight is 238 g/mol. The molecule has 0 atom stereocenters. The lowest BCUT2D eigenvalue weighted by Crippen LogP contribution is -2.09. The van der Waals surface area contributed by atoms with E-state index < -0.39 is 12.6 Å². The first kappa shape index (κ1) is 13.1. The van der Waals surface area contributed by atoms with Gasteiger partial charge in [0.1, 0.15) is 11.5 Å². The van der Waals surface area contributed by atoms with Crippen molar-refractivity contribution in [2.75, 3.05) is 20.3 Å². The minimum Gasteiger partial charge on any atom is -0.496 e. The summed E-state index contributed by atoms with van der Waals surface area (Å²) < 4.78 is 10.2. The van der Waals surface area contributed by atoms with Crippen molar-refractivity contribution < 1.29 is 24.5 Å². The Morgan fingerprint density at radius 1 is 1.47 bits per heavy atom. The van der Waals surface area contributed by atoms with Crippen LogP contribution in [0.4, 0.5) is 0 Å². The number of ether oxygens (including phenoxy) is 2. The number of aliphatic carboxylic acids is 1. The fraction of sp³-hybridized carbons (Fsp3) is 0.250. The normalized spacial score (nSPS) is 10.5. The highest BCUT2D eigenvalue weighted by molar-refractivity contribution is 5.68. The summed E-state index contributed by atoms with van der Waals surface area (Å²) in [5, 5.41) is 17.2. The molecule has 92 valence electrons. The third-order valence-electron chi connectivity index (χ3n) is 1.97. The van der Waals surface area contributed by atoms with Crippen LogP contribution in [0.25, 0.3) is 6.08 Å². The Balaban J connectivity index is 2.88. The molecular weight excluding hydrogens is 224 g/mol. The van der Waals surface area contributed by atoms with Crippen LogP contribution >= 0.6 is 0 Å². The Morgan fingerprint density at radius 3 is 2.82 bits per heavy atom. The van der Waals surface area contributed by atoms with Gasteiger partial charge in [0.2, 0.25) is 0 Å². The molecule has 17 heavy (non-hydrogen) atoms. The van der Waals surface area contributed by atoms with Crippen LogP contribution < -0.4 is 9.47 Å². The molecule has 0 aliphatic rings. The molecule has 2 N–H and O–H groups in total. The quantitative estimate of drug-likeness (QED) is 0.777. The molecule has 0 radical (unpaired) electrons. The first-order chi connectivity index (χ1) is 8.17. The molecule has 0 saturated carbocycles. The van der Waals surface area contributed by atoms with Crippen LogP contribution in [0.2, 0.25) is 0 Å². The van der Waals surface area contributed by atoms with Gasteiger partial charge in [0.05, 0.1) is 13.7 Å². The Morgan fingerprint density at radius 2 is 2.24 bits per heavy atom. The van der Waals surface area contributed by atoms with E-state index in [0.717, 1.165) is 0 Å². The summed E-state index contributed by atoms with van der Waals surface area (Å²) in [6, 6.07) is 4.94. The number of methoxy groups -OCH3 is 1. The van der Waals surface area contributed by atoms with Gasteiger partial charge in [-0.3, -0.25) is 0 Å². The van der Waals surface area contributed by atoms with Crippen LogP contribution in [0.15, 0.2) is 24.3 Å². The zero-order valence-electron chi connectivity index (χ0n) is 9.42. The van der Waals surface area contributed by atoms with Gasteiger partial charge in [-0.2, -0.15) is 0 Å². The maximum absolute atomic E-state index is 10.4. The van der Waals surface area contributed by atoms with Crippen molar-refractivity contribution in [1.82, 2.24) is 0 Å². The molecule has 1 aromatic carbocycles. The fourth-order valence-electron chi connectivity index (χ4n) is 1.26. The van der Waals surface area contributed by atoms with Crippen LogP contribution in [0.1, 0.15) is 5.56 Å². The van der Waals surface area contributed by atoms with E-state index in [-0.39, 0.29) is 6.61 Å². The number of hydrogen-bond acceptors (Lipinski definition) is 4. The topological polar surface area (TPSA) is 76.0 Å². The predicted molar refractivity (Wildman–Crippen MR) is 62.2 cm³/mol. The maximum Gasteiger partial charge on any atom is 0.341 e. The van der Waals surface area contributed by atoms with Gasteiger partial charge in [-0.1, -0.05) is 12.2 Å². The van der Waals surface area contributed by atoms with Gasteiger partial charge in [-0.25, -0.2) is 4.79 Å². The highest BCUT2D eigenvalue weighted by Gasteiger charge is 2.04. The summed E-state index contributed by atoms with van der Waals surface area (Å²) in [5.41, 5.74) is 0.712. The van der Waals surface area contributed by atoms with Crippen LogP contribution in [0, 0.1) is 0 Å². The Bertz CT molecular complexity index is 411. The second-order valence-electron chi connectivity index (χ2n) is 3.17. The lowest BCUT2D eigenvalue weighted by atomic mass is 10.1. The molecule has 0 bridgehead atoms. The van der Waals surface area contributed by atoms with Crippen molar-refractivity contribution in [2.45, 2.75) is 0 Å². The molecule has 0 amide bonds. The first-order valence-electron chi connectivity index (χ1n) is 4.97. The number of carbonyl (C=O) groups is 1. The minimum absolute atomic E-state index is 0.0800. The summed E-state index contributed by atoms with van der Waals surface area (Å²) in [4.78, 5) is 10.4. The number of benzene rings is 1. The molecule has 0 aromatic heterocycles. The third-order valence-corrected chi connectivity index (χ3v) is 1.97. The molecule has 0 aliphatic carbocycles.